The van der Waals surface area contributed by atoms with E-state index in [9.17, 15) is 5.11 Å². The lowest BCUT2D eigenvalue weighted by atomic mass is 9.88. The first kappa shape index (κ1) is 16.0. The first-order chi connectivity index (χ1) is 8.99. The van der Waals surface area contributed by atoms with Crippen LogP contribution in [0, 0.1) is 12.8 Å². The second-order valence-electron chi connectivity index (χ2n) is 5.63. The molecular formula is C16H27NO2. The third-order valence-corrected chi connectivity index (χ3v) is 3.54. The van der Waals surface area contributed by atoms with Crippen molar-refractivity contribution in [3.8, 4) is 5.75 Å². The lowest BCUT2D eigenvalue weighted by Gasteiger charge is -2.24. The largest absolute Gasteiger partial charge is 0.496 e. The summed E-state index contributed by atoms with van der Waals surface area (Å²) in [6.45, 7) is 6.80. The number of hydrogen-bond acceptors (Lipinski definition) is 3. The normalized spacial score (nSPS) is 14.5. The number of methoxy groups -OCH3 is 1. The van der Waals surface area contributed by atoms with Crippen molar-refractivity contribution in [1.82, 2.24) is 0 Å². The highest BCUT2D eigenvalue weighted by atomic mass is 16.5. The molecule has 0 saturated carbocycles. The maximum atomic E-state index is 10.4. The molecule has 3 heteroatoms. The molecule has 3 N–H and O–H groups in total. The lowest BCUT2D eigenvalue weighted by molar-refractivity contribution is 0.127. The molecule has 0 aliphatic heterocycles. The Hall–Kier alpha value is -1.06. The first-order valence-corrected chi connectivity index (χ1v) is 7.02. The van der Waals surface area contributed by atoms with Gasteiger partial charge in [-0.1, -0.05) is 31.5 Å². The molecule has 0 bridgehead atoms. The van der Waals surface area contributed by atoms with E-state index in [-0.39, 0.29) is 5.92 Å². The van der Waals surface area contributed by atoms with E-state index in [4.69, 9.17) is 10.5 Å². The quantitative estimate of drug-likeness (QED) is 0.797. The van der Waals surface area contributed by atoms with Gasteiger partial charge in [-0.25, -0.2) is 0 Å². The van der Waals surface area contributed by atoms with Gasteiger partial charge in [-0.05, 0) is 31.7 Å². The molecule has 0 saturated heterocycles. The Labute approximate surface area is 116 Å². The second-order valence-corrected chi connectivity index (χ2v) is 5.63. The molecule has 0 aromatic heterocycles. The monoisotopic (exact) mass is 265 g/mol. The molecular weight excluding hydrogens is 238 g/mol. The predicted molar refractivity (Wildman–Crippen MR) is 79.6 cm³/mol. The van der Waals surface area contributed by atoms with Crippen molar-refractivity contribution in [3.63, 3.8) is 0 Å². The molecule has 0 amide bonds. The Kier molecular flexibility index (Phi) is 6.32. The Morgan fingerprint density at radius 1 is 1.26 bits per heavy atom. The standard InChI is InChI=1S/C16H27NO2/c1-11(2)5-7-15(18)14(10-17)13-9-12(3)6-8-16(13)19-4/h6,8-9,11,14-15,18H,5,7,10,17H2,1-4H3. The van der Waals surface area contributed by atoms with Crippen LogP contribution in [-0.4, -0.2) is 24.9 Å². The van der Waals surface area contributed by atoms with Crippen LogP contribution >= 0.6 is 0 Å². The minimum absolute atomic E-state index is 0.0615. The number of hydrogen-bond donors (Lipinski definition) is 2. The SMILES string of the molecule is COc1ccc(C)cc1C(CN)C(O)CCC(C)C. The van der Waals surface area contributed by atoms with Crippen LogP contribution in [0.1, 0.15) is 43.7 Å². The van der Waals surface area contributed by atoms with Gasteiger partial charge < -0.3 is 15.6 Å². The van der Waals surface area contributed by atoms with Crippen LogP contribution in [0.15, 0.2) is 18.2 Å². The van der Waals surface area contributed by atoms with Gasteiger partial charge >= 0.3 is 0 Å². The summed E-state index contributed by atoms with van der Waals surface area (Å²) in [5.74, 6) is 1.34. The van der Waals surface area contributed by atoms with Gasteiger partial charge in [-0.2, -0.15) is 0 Å². The molecule has 2 unspecified atom stereocenters. The van der Waals surface area contributed by atoms with Gasteiger partial charge in [0.2, 0.25) is 0 Å². The summed E-state index contributed by atoms with van der Waals surface area (Å²) in [5, 5.41) is 10.4. The molecule has 108 valence electrons. The molecule has 2 atom stereocenters. The van der Waals surface area contributed by atoms with Crippen LogP contribution < -0.4 is 10.5 Å². The molecule has 1 aromatic rings. The van der Waals surface area contributed by atoms with E-state index in [0.29, 0.717) is 12.5 Å². The fraction of sp³-hybridized carbons (Fsp3) is 0.625. The van der Waals surface area contributed by atoms with Crippen molar-refractivity contribution in [2.75, 3.05) is 13.7 Å². The average molecular weight is 265 g/mol. The molecule has 0 fully saturated rings. The van der Waals surface area contributed by atoms with E-state index in [1.807, 2.05) is 19.1 Å². The molecule has 0 aliphatic rings. The number of rotatable bonds is 7. The van der Waals surface area contributed by atoms with E-state index < -0.39 is 6.10 Å². The molecule has 1 aromatic carbocycles. The Morgan fingerprint density at radius 2 is 1.95 bits per heavy atom. The van der Waals surface area contributed by atoms with Gasteiger partial charge in [0.1, 0.15) is 5.75 Å². The van der Waals surface area contributed by atoms with Gasteiger partial charge in [0.15, 0.2) is 0 Å². The van der Waals surface area contributed by atoms with Gasteiger partial charge in [0.25, 0.3) is 0 Å². The maximum absolute atomic E-state index is 10.4. The van der Waals surface area contributed by atoms with Crippen molar-refractivity contribution in [2.24, 2.45) is 11.7 Å². The first-order valence-electron chi connectivity index (χ1n) is 7.02. The minimum atomic E-state index is -0.414. The van der Waals surface area contributed by atoms with Crippen molar-refractivity contribution in [2.45, 2.75) is 45.6 Å². The van der Waals surface area contributed by atoms with E-state index in [0.717, 1.165) is 29.7 Å². The van der Waals surface area contributed by atoms with Crippen molar-refractivity contribution >= 4 is 0 Å². The highest BCUT2D eigenvalue weighted by Crippen LogP contribution is 2.31. The molecule has 0 aliphatic carbocycles. The van der Waals surface area contributed by atoms with Crippen LogP contribution in [0.5, 0.6) is 5.75 Å². The minimum Gasteiger partial charge on any atom is -0.496 e. The third kappa shape index (κ3) is 4.51. The number of benzene rings is 1. The van der Waals surface area contributed by atoms with Crippen LogP contribution in [-0.2, 0) is 0 Å². The number of nitrogens with two attached hydrogens (primary N) is 1. The summed E-state index contributed by atoms with van der Waals surface area (Å²) in [6, 6.07) is 6.02. The van der Waals surface area contributed by atoms with E-state index in [1.54, 1.807) is 7.11 Å². The van der Waals surface area contributed by atoms with Gasteiger partial charge in [0.05, 0.1) is 13.2 Å². The zero-order valence-electron chi connectivity index (χ0n) is 12.5. The molecule has 0 radical (unpaired) electrons. The summed E-state index contributed by atoms with van der Waals surface area (Å²) in [7, 11) is 1.66. The van der Waals surface area contributed by atoms with Crippen LogP contribution in [0.4, 0.5) is 0 Å². The Bertz CT molecular complexity index is 390. The smallest absolute Gasteiger partial charge is 0.122 e. The van der Waals surface area contributed by atoms with Crippen LogP contribution in [0.25, 0.3) is 0 Å². The number of aliphatic hydroxyl groups excluding tert-OH is 1. The zero-order chi connectivity index (χ0) is 14.4. The molecule has 3 nitrogen and oxygen atoms in total. The molecule has 0 heterocycles. The molecule has 19 heavy (non-hydrogen) atoms. The summed E-state index contributed by atoms with van der Waals surface area (Å²) >= 11 is 0. The fourth-order valence-electron chi connectivity index (χ4n) is 2.34. The summed E-state index contributed by atoms with van der Waals surface area (Å²) in [6.07, 6.45) is 1.37. The van der Waals surface area contributed by atoms with Gasteiger partial charge in [0, 0.05) is 18.0 Å². The number of ether oxygens (including phenoxy) is 1. The van der Waals surface area contributed by atoms with Crippen LogP contribution in [0.3, 0.4) is 0 Å². The van der Waals surface area contributed by atoms with Gasteiger partial charge in [-0.15, -0.1) is 0 Å². The topological polar surface area (TPSA) is 55.5 Å². The Morgan fingerprint density at radius 3 is 2.47 bits per heavy atom. The van der Waals surface area contributed by atoms with Crippen LogP contribution in [0.2, 0.25) is 0 Å². The van der Waals surface area contributed by atoms with Gasteiger partial charge in [-0.3, -0.25) is 0 Å². The fourth-order valence-corrected chi connectivity index (χ4v) is 2.34. The number of aliphatic hydroxyl groups is 1. The molecule has 0 spiro atoms. The second kappa shape index (κ2) is 7.51. The average Bonchev–Trinajstić information content (AvgIpc) is 2.37. The predicted octanol–water partition coefficient (Wildman–Crippen LogP) is 2.84. The van der Waals surface area contributed by atoms with Crippen molar-refractivity contribution in [1.29, 1.82) is 0 Å². The lowest BCUT2D eigenvalue weighted by Crippen LogP contribution is -2.26. The van der Waals surface area contributed by atoms with E-state index in [2.05, 4.69) is 19.9 Å². The van der Waals surface area contributed by atoms with E-state index >= 15 is 0 Å². The van der Waals surface area contributed by atoms with Crippen molar-refractivity contribution < 1.29 is 9.84 Å². The van der Waals surface area contributed by atoms with Crippen molar-refractivity contribution in [3.05, 3.63) is 29.3 Å². The summed E-state index contributed by atoms with van der Waals surface area (Å²) < 4.78 is 5.39. The Balaban J connectivity index is 2.92. The molecule has 1 rings (SSSR count). The third-order valence-electron chi connectivity index (χ3n) is 3.54. The highest BCUT2D eigenvalue weighted by Gasteiger charge is 2.23. The maximum Gasteiger partial charge on any atom is 0.122 e. The summed E-state index contributed by atoms with van der Waals surface area (Å²) in [5.41, 5.74) is 8.04. The van der Waals surface area contributed by atoms with E-state index in [1.165, 1.54) is 0 Å². The summed E-state index contributed by atoms with van der Waals surface area (Å²) in [4.78, 5) is 0. The highest BCUT2D eigenvalue weighted by molar-refractivity contribution is 5.40. The zero-order valence-corrected chi connectivity index (χ0v) is 12.5. The number of aryl methyl sites for hydroxylation is 1.